The third-order valence-corrected chi connectivity index (χ3v) is 5.96. The van der Waals surface area contributed by atoms with Crippen molar-refractivity contribution in [2.45, 2.75) is 4.90 Å². The van der Waals surface area contributed by atoms with Crippen molar-refractivity contribution in [1.82, 2.24) is 9.97 Å². The minimum absolute atomic E-state index is 0.0438. The summed E-state index contributed by atoms with van der Waals surface area (Å²) in [6.07, 6.45) is 0. The number of rotatable bonds is 7. The molecule has 1 heterocycles. The first-order valence-corrected chi connectivity index (χ1v) is 11.0. The number of para-hydroxylation sites is 2. The van der Waals surface area contributed by atoms with Gasteiger partial charge in [0.25, 0.3) is 10.0 Å². The number of methoxy groups -OCH3 is 2. The zero-order valence-electron chi connectivity index (χ0n) is 17.4. The molecule has 9 nitrogen and oxygen atoms in total. The van der Waals surface area contributed by atoms with Crippen molar-refractivity contribution >= 4 is 44.1 Å². The van der Waals surface area contributed by atoms with Gasteiger partial charge in [-0.3, -0.25) is 4.72 Å². The van der Waals surface area contributed by atoms with Crippen LogP contribution in [-0.4, -0.2) is 32.6 Å². The van der Waals surface area contributed by atoms with Gasteiger partial charge in [-0.2, -0.15) is 0 Å². The Morgan fingerprint density at radius 1 is 0.812 bits per heavy atom. The Hall–Kier alpha value is -4.05. The van der Waals surface area contributed by atoms with Crippen LogP contribution < -0.4 is 25.2 Å². The van der Waals surface area contributed by atoms with E-state index in [0.29, 0.717) is 33.9 Å². The van der Waals surface area contributed by atoms with Crippen molar-refractivity contribution < 1.29 is 17.9 Å². The van der Waals surface area contributed by atoms with E-state index < -0.39 is 10.0 Å². The van der Waals surface area contributed by atoms with Crippen molar-refractivity contribution in [3.05, 3.63) is 66.7 Å². The van der Waals surface area contributed by atoms with Gasteiger partial charge in [0, 0.05) is 29.6 Å². The molecule has 4 aromatic rings. The number of aromatic nitrogens is 2. The lowest BCUT2D eigenvalue weighted by Crippen LogP contribution is -2.16. The van der Waals surface area contributed by atoms with Crippen molar-refractivity contribution in [2.24, 2.45) is 0 Å². The molecule has 0 radical (unpaired) electrons. The molecule has 164 valence electrons. The van der Waals surface area contributed by atoms with E-state index in [1.165, 1.54) is 24.3 Å². The monoisotopic (exact) mass is 451 g/mol. The zero-order valence-corrected chi connectivity index (χ0v) is 18.2. The van der Waals surface area contributed by atoms with Crippen LogP contribution in [0.3, 0.4) is 0 Å². The molecular weight excluding hydrogens is 430 g/mol. The van der Waals surface area contributed by atoms with Crippen LogP contribution in [0.4, 0.5) is 23.0 Å². The lowest BCUT2D eigenvalue weighted by molar-refractivity contribution is 0.395. The SMILES string of the molecule is COc1cc(Nc2nc3ccccc3nc2NS(=O)(=O)c2ccc(N)cc2)cc(OC)c1. The van der Waals surface area contributed by atoms with Crippen LogP contribution in [0.5, 0.6) is 11.5 Å². The summed E-state index contributed by atoms with van der Waals surface area (Å²) in [7, 11) is -0.852. The van der Waals surface area contributed by atoms with E-state index in [2.05, 4.69) is 20.0 Å². The number of nitrogen functional groups attached to an aromatic ring is 1. The normalized spacial score (nSPS) is 11.2. The second-order valence-corrected chi connectivity index (χ2v) is 8.49. The van der Waals surface area contributed by atoms with Crippen LogP contribution in [0.15, 0.2) is 71.6 Å². The Labute approximate surface area is 185 Å². The van der Waals surface area contributed by atoms with Crippen molar-refractivity contribution in [2.75, 3.05) is 30.0 Å². The molecule has 4 rings (SSSR count). The van der Waals surface area contributed by atoms with Gasteiger partial charge in [-0.1, -0.05) is 12.1 Å². The molecule has 10 heteroatoms. The minimum Gasteiger partial charge on any atom is -0.497 e. The van der Waals surface area contributed by atoms with Crippen molar-refractivity contribution in [3.8, 4) is 11.5 Å². The van der Waals surface area contributed by atoms with Gasteiger partial charge in [0.15, 0.2) is 11.6 Å². The van der Waals surface area contributed by atoms with E-state index in [9.17, 15) is 8.42 Å². The van der Waals surface area contributed by atoms with Crippen LogP contribution in [0, 0.1) is 0 Å². The fourth-order valence-corrected chi connectivity index (χ4v) is 4.02. The highest BCUT2D eigenvalue weighted by Gasteiger charge is 2.19. The molecule has 0 saturated carbocycles. The Kier molecular flexibility index (Phi) is 5.69. The Morgan fingerprint density at radius 2 is 1.38 bits per heavy atom. The van der Waals surface area contributed by atoms with Crippen molar-refractivity contribution in [3.63, 3.8) is 0 Å². The largest absolute Gasteiger partial charge is 0.497 e. The number of hydrogen-bond acceptors (Lipinski definition) is 8. The first-order chi connectivity index (χ1) is 15.4. The van der Waals surface area contributed by atoms with Gasteiger partial charge in [0.05, 0.1) is 30.1 Å². The van der Waals surface area contributed by atoms with Gasteiger partial charge >= 0.3 is 0 Å². The Bertz CT molecular complexity index is 1350. The van der Waals surface area contributed by atoms with Crippen molar-refractivity contribution in [1.29, 1.82) is 0 Å². The topological polar surface area (TPSA) is 128 Å². The molecule has 0 amide bonds. The molecule has 0 unspecified atom stereocenters. The highest BCUT2D eigenvalue weighted by molar-refractivity contribution is 7.92. The number of sulfonamides is 1. The van der Waals surface area contributed by atoms with Gasteiger partial charge in [-0.15, -0.1) is 0 Å². The summed E-state index contributed by atoms with van der Waals surface area (Å²) >= 11 is 0. The van der Waals surface area contributed by atoms with E-state index in [4.69, 9.17) is 15.2 Å². The van der Waals surface area contributed by atoms with E-state index >= 15 is 0 Å². The number of nitrogens with two attached hydrogens (primary N) is 1. The predicted molar refractivity (Wildman–Crippen MR) is 124 cm³/mol. The number of anilines is 4. The van der Waals surface area contributed by atoms with Crippen LogP contribution in [0.25, 0.3) is 11.0 Å². The first-order valence-electron chi connectivity index (χ1n) is 9.53. The Balaban J connectivity index is 1.78. The van der Waals surface area contributed by atoms with Crippen LogP contribution in [-0.2, 0) is 10.0 Å². The average Bonchev–Trinajstić information content (AvgIpc) is 2.79. The summed E-state index contributed by atoms with van der Waals surface area (Å²) in [5.74, 6) is 1.38. The molecule has 0 fully saturated rings. The molecule has 0 bridgehead atoms. The summed E-state index contributed by atoms with van der Waals surface area (Å²) < 4.78 is 39.1. The lowest BCUT2D eigenvalue weighted by atomic mass is 10.2. The quantitative estimate of drug-likeness (QED) is 0.362. The fourth-order valence-electron chi connectivity index (χ4n) is 3.01. The molecule has 4 N–H and O–H groups in total. The van der Waals surface area contributed by atoms with E-state index in [-0.39, 0.29) is 16.5 Å². The number of fused-ring (bicyclic) bond motifs is 1. The molecule has 1 aromatic heterocycles. The van der Waals surface area contributed by atoms with Gasteiger partial charge < -0.3 is 20.5 Å². The number of ether oxygens (including phenoxy) is 2. The van der Waals surface area contributed by atoms with Gasteiger partial charge in [-0.25, -0.2) is 18.4 Å². The molecule has 32 heavy (non-hydrogen) atoms. The molecule has 0 spiro atoms. The number of hydrogen-bond donors (Lipinski definition) is 3. The molecule has 0 aliphatic carbocycles. The van der Waals surface area contributed by atoms with Crippen LogP contribution in [0.2, 0.25) is 0 Å². The smallest absolute Gasteiger partial charge is 0.263 e. The number of nitrogens with one attached hydrogen (secondary N) is 2. The number of nitrogens with zero attached hydrogens (tertiary/aromatic N) is 2. The molecule has 0 atom stereocenters. The maximum absolute atomic E-state index is 13.0. The summed E-state index contributed by atoms with van der Waals surface area (Å²) in [5, 5.41) is 3.12. The fraction of sp³-hybridized carbons (Fsp3) is 0.0909. The maximum atomic E-state index is 13.0. The Morgan fingerprint density at radius 3 is 1.94 bits per heavy atom. The second-order valence-electron chi connectivity index (χ2n) is 6.81. The van der Waals surface area contributed by atoms with Gasteiger partial charge in [-0.05, 0) is 36.4 Å². The predicted octanol–water partition coefficient (Wildman–Crippen LogP) is 3.77. The highest BCUT2D eigenvalue weighted by atomic mass is 32.2. The second kappa shape index (κ2) is 8.60. The molecule has 3 aromatic carbocycles. The highest BCUT2D eigenvalue weighted by Crippen LogP contribution is 2.31. The zero-order chi connectivity index (χ0) is 22.7. The summed E-state index contributed by atoms with van der Waals surface area (Å²) in [5.41, 5.74) is 7.85. The summed E-state index contributed by atoms with van der Waals surface area (Å²) in [6, 6.07) is 18.2. The minimum atomic E-state index is -3.94. The standard InChI is InChI=1S/C22H21N5O4S/c1-30-16-11-15(12-17(13-16)31-2)24-21-22(26-20-6-4-3-5-19(20)25-21)27-32(28,29)18-9-7-14(23)8-10-18/h3-13H,23H2,1-2H3,(H,24,25)(H,26,27). The third kappa shape index (κ3) is 4.49. The third-order valence-electron chi connectivity index (χ3n) is 4.61. The number of benzene rings is 3. The lowest BCUT2D eigenvalue weighted by Gasteiger charge is -2.15. The summed E-state index contributed by atoms with van der Waals surface area (Å²) in [4.78, 5) is 9.11. The van der Waals surface area contributed by atoms with Crippen LogP contribution in [0.1, 0.15) is 0 Å². The van der Waals surface area contributed by atoms with E-state index in [0.717, 1.165) is 0 Å². The first kappa shape index (κ1) is 21.2. The van der Waals surface area contributed by atoms with E-state index in [1.807, 2.05) is 6.07 Å². The average molecular weight is 452 g/mol. The molecular formula is C22H21N5O4S. The molecule has 0 aliphatic heterocycles. The van der Waals surface area contributed by atoms with Gasteiger partial charge in [0.2, 0.25) is 0 Å². The van der Waals surface area contributed by atoms with Gasteiger partial charge in [0.1, 0.15) is 11.5 Å². The van der Waals surface area contributed by atoms with E-state index in [1.54, 1.807) is 50.6 Å². The van der Waals surface area contributed by atoms with Crippen LogP contribution >= 0.6 is 0 Å². The molecule has 0 aliphatic rings. The summed E-state index contributed by atoms with van der Waals surface area (Å²) in [6.45, 7) is 0. The maximum Gasteiger partial charge on any atom is 0.263 e. The molecule has 0 saturated heterocycles.